The summed E-state index contributed by atoms with van der Waals surface area (Å²) in [6.45, 7) is 5.90. The SMILES string of the molecule is CCN(CC)[Si](Cl)(Cl)NC. The van der Waals surface area contributed by atoms with Crippen molar-refractivity contribution in [3.8, 4) is 0 Å². The minimum atomic E-state index is -2.28. The van der Waals surface area contributed by atoms with E-state index in [0.29, 0.717) is 0 Å². The number of nitrogens with one attached hydrogen (secondary N) is 1. The first-order valence-corrected chi connectivity index (χ1v) is 7.37. The van der Waals surface area contributed by atoms with Gasteiger partial charge in [0.2, 0.25) is 0 Å². The van der Waals surface area contributed by atoms with Gasteiger partial charge in [-0.3, -0.25) is 4.57 Å². The molecule has 0 heterocycles. The van der Waals surface area contributed by atoms with Gasteiger partial charge in [0.15, 0.2) is 0 Å². The lowest BCUT2D eigenvalue weighted by molar-refractivity contribution is 0.476. The van der Waals surface area contributed by atoms with Crippen LogP contribution in [0.3, 0.4) is 0 Å². The van der Waals surface area contributed by atoms with Gasteiger partial charge in [0, 0.05) is 0 Å². The molecule has 0 aromatic carbocycles. The molecule has 1 N–H and O–H groups in total. The third kappa shape index (κ3) is 2.76. The van der Waals surface area contributed by atoms with Crippen molar-refractivity contribution >= 4 is 29.2 Å². The molecular weight excluding hydrogens is 187 g/mol. The minimum Gasteiger partial charge on any atom is -0.304 e. The Morgan fingerprint density at radius 2 is 1.70 bits per heavy atom. The molecular formula is C5H14Cl2N2Si. The molecule has 0 atom stereocenters. The lowest BCUT2D eigenvalue weighted by Crippen LogP contribution is -2.54. The Morgan fingerprint density at radius 3 is 1.80 bits per heavy atom. The van der Waals surface area contributed by atoms with E-state index in [1.54, 1.807) is 7.05 Å². The van der Waals surface area contributed by atoms with Crippen LogP contribution in [0.25, 0.3) is 0 Å². The van der Waals surface area contributed by atoms with Crippen LogP contribution >= 0.6 is 22.2 Å². The second-order valence-electron chi connectivity index (χ2n) is 1.96. The van der Waals surface area contributed by atoms with E-state index < -0.39 is 7.02 Å². The van der Waals surface area contributed by atoms with Crippen LogP contribution in [0.1, 0.15) is 13.8 Å². The average molecular weight is 201 g/mol. The summed E-state index contributed by atoms with van der Waals surface area (Å²) in [6, 6.07) is 0. The average Bonchev–Trinajstić information content (AvgIpc) is 1.90. The summed E-state index contributed by atoms with van der Waals surface area (Å²) in [5, 5.41) is 0. The smallest absolute Gasteiger partial charge is 0.304 e. The highest BCUT2D eigenvalue weighted by molar-refractivity contribution is 7.42. The zero-order valence-corrected chi connectivity index (χ0v) is 9.13. The van der Waals surface area contributed by atoms with E-state index in [1.165, 1.54) is 0 Å². The summed E-state index contributed by atoms with van der Waals surface area (Å²) < 4.78 is 2.05. The van der Waals surface area contributed by atoms with Crippen molar-refractivity contribution in [1.29, 1.82) is 0 Å². The maximum absolute atomic E-state index is 6.01. The molecule has 0 saturated heterocycles. The van der Waals surface area contributed by atoms with Crippen molar-refractivity contribution in [2.45, 2.75) is 13.8 Å². The molecule has 0 aromatic heterocycles. The fourth-order valence-electron chi connectivity index (χ4n) is 0.779. The minimum absolute atomic E-state index is 0.899. The first kappa shape index (κ1) is 10.7. The highest BCUT2D eigenvalue weighted by atomic mass is 35.7. The lowest BCUT2D eigenvalue weighted by Gasteiger charge is -2.28. The van der Waals surface area contributed by atoms with Gasteiger partial charge in [-0.2, -0.15) is 0 Å². The Balaban J connectivity index is 3.97. The van der Waals surface area contributed by atoms with E-state index in [0.717, 1.165) is 13.1 Å². The maximum Gasteiger partial charge on any atom is 0.405 e. The van der Waals surface area contributed by atoms with Crippen LogP contribution in [0, 0.1) is 0 Å². The van der Waals surface area contributed by atoms with Gasteiger partial charge in [-0.15, -0.1) is 22.2 Å². The molecule has 2 nitrogen and oxygen atoms in total. The molecule has 10 heavy (non-hydrogen) atoms. The summed E-state index contributed by atoms with van der Waals surface area (Å²) in [5.41, 5.74) is 0. The lowest BCUT2D eigenvalue weighted by atomic mass is 10.7. The molecule has 0 aromatic rings. The maximum atomic E-state index is 6.01. The molecule has 0 amide bonds. The molecule has 0 aliphatic carbocycles. The van der Waals surface area contributed by atoms with E-state index in [4.69, 9.17) is 22.2 Å². The number of halogens is 2. The van der Waals surface area contributed by atoms with E-state index in [-0.39, 0.29) is 0 Å². The van der Waals surface area contributed by atoms with Gasteiger partial charge in [-0.25, -0.2) is 0 Å². The Morgan fingerprint density at radius 1 is 1.30 bits per heavy atom. The molecule has 0 aliphatic heterocycles. The molecule has 0 spiro atoms. The Hall–Kier alpha value is 0.717. The molecule has 0 radical (unpaired) electrons. The summed E-state index contributed by atoms with van der Waals surface area (Å²) in [5.74, 6) is 0. The Kier molecular flexibility index (Phi) is 4.89. The monoisotopic (exact) mass is 200 g/mol. The van der Waals surface area contributed by atoms with Crippen molar-refractivity contribution < 1.29 is 0 Å². The fraction of sp³-hybridized carbons (Fsp3) is 1.00. The second-order valence-corrected chi connectivity index (χ2v) is 8.04. The molecule has 0 saturated carbocycles. The van der Waals surface area contributed by atoms with Crippen LogP contribution in [0.15, 0.2) is 0 Å². The van der Waals surface area contributed by atoms with Gasteiger partial charge in [0.05, 0.1) is 0 Å². The molecule has 0 rings (SSSR count). The van der Waals surface area contributed by atoms with E-state index >= 15 is 0 Å². The van der Waals surface area contributed by atoms with Crippen LogP contribution in [-0.4, -0.2) is 31.7 Å². The first-order valence-electron chi connectivity index (χ1n) is 3.40. The first-order chi connectivity index (χ1) is 4.58. The summed E-state index contributed by atoms with van der Waals surface area (Å²) in [6.07, 6.45) is 0. The summed E-state index contributed by atoms with van der Waals surface area (Å²) in [7, 11) is -0.483. The fourth-order valence-corrected chi connectivity index (χ4v) is 3.32. The van der Waals surface area contributed by atoms with Crippen molar-refractivity contribution in [2.24, 2.45) is 0 Å². The highest BCUT2D eigenvalue weighted by Crippen LogP contribution is 2.14. The van der Waals surface area contributed by atoms with Crippen molar-refractivity contribution in [1.82, 2.24) is 9.55 Å². The van der Waals surface area contributed by atoms with Crippen LogP contribution in [-0.2, 0) is 0 Å². The molecule has 0 fully saturated rings. The molecule has 0 unspecified atom stereocenters. The second kappa shape index (κ2) is 4.57. The predicted molar refractivity (Wildman–Crippen MR) is 49.4 cm³/mol. The number of hydrogen-bond donors (Lipinski definition) is 1. The van der Waals surface area contributed by atoms with Gasteiger partial charge in [-0.1, -0.05) is 13.8 Å². The quantitative estimate of drug-likeness (QED) is 0.547. The molecule has 62 valence electrons. The molecule has 0 aliphatic rings. The number of nitrogens with zero attached hydrogens (tertiary/aromatic N) is 1. The topological polar surface area (TPSA) is 15.3 Å². The van der Waals surface area contributed by atoms with Crippen LogP contribution < -0.4 is 4.98 Å². The van der Waals surface area contributed by atoms with Crippen molar-refractivity contribution in [2.75, 3.05) is 20.1 Å². The van der Waals surface area contributed by atoms with Crippen LogP contribution in [0.2, 0.25) is 0 Å². The Bertz CT molecular complexity index is 95.6. The summed E-state index contributed by atoms with van der Waals surface area (Å²) in [4.78, 5) is 2.94. The molecule has 0 bridgehead atoms. The number of hydrogen-bond acceptors (Lipinski definition) is 2. The zero-order valence-electron chi connectivity index (χ0n) is 6.62. The van der Waals surface area contributed by atoms with Crippen molar-refractivity contribution in [3.63, 3.8) is 0 Å². The van der Waals surface area contributed by atoms with Gasteiger partial charge in [0.25, 0.3) is 0 Å². The molecule has 5 heteroatoms. The summed E-state index contributed by atoms with van der Waals surface area (Å²) >= 11 is 12.0. The highest BCUT2D eigenvalue weighted by Gasteiger charge is 2.33. The van der Waals surface area contributed by atoms with Gasteiger partial charge >= 0.3 is 7.02 Å². The van der Waals surface area contributed by atoms with Crippen LogP contribution in [0.4, 0.5) is 0 Å². The third-order valence-electron chi connectivity index (χ3n) is 1.46. The number of rotatable bonds is 4. The Labute approximate surface area is 73.1 Å². The zero-order chi connectivity index (χ0) is 8.20. The normalized spacial score (nSPS) is 12.6. The van der Waals surface area contributed by atoms with E-state index in [1.807, 2.05) is 13.8 Å². The van der Waals surface area contributed by atoms with Gasteiger partial charge in [0.1, 0.15) is 0 Å². The van der Waals surface area contributed by atoms with E-state index in [9.17, 15) is 0 Å². The van der Waals surface area contributed by atoms with Gasteiger partial charge < -0.3 is 4.98 Å². The van der Waals surface area contributed by atoms with E-state index in [2.05, 4.69) is 9.55 Å². The van der Waals surface area contributed by atoms with Crippen LogP contribution in [0.5, 0.6) is 0 Å². The largest absolute Gasteiger partial charge is 0.405 e. The van der Waals surface area contributed by atoms with Gasteiger partial charge in [-0.05, 0) is 20.1 Å². The van der Waals surface area contributed by atoms with Crippen molar-refractivity contribution in [3.05, 3.63) is 0 Å². The predicted octanol–water partition coefficient (Wildman–Crippen LogP) is 1.46. The standard InChI is InChI=1S/C5H14Cl2N2Si/c1-4-9(5-2)10(6,7)8-3/h8H,4-5H2,1-3H3. The third-order valence-corrected chi connectivity index (χ3v) is 6.06.